The Balaban J connectivity index is 2.98. The summed E-state index contributed by atoms with van der Waals surface area (Å²) in [7, 11) is 1.83. The van der Waals surface area contributed by atoms with E-state index < -0.39 is 0 Å². The summed E-state index contributed by atoms with van der Waals surface area (Å²) in [6, 6.07) is 0. The number of rotatable bonds is 5. The van der Waals surface area contributed by atoms with Gasteiger partial charge in [-0.1, -0.05) is 6.92 Å². The highest BCUT2D eigenvalue weighted by molar-refractivity contribution is 5.34. The fourth-order valence-electron chi connectivity index (χ4n) is 1.41. The number of nitrogens with zero attached hydrogens (tertiary/aromatic N) is 3. The van der Waals surface area contributed by atoms with Gasteiger partial charge in [0.2, 0.25) is 0 Å². The Morgan fingerprint density at radius 3 is 2.93 bits per heavy atom. The fraction of sp³-hybridized carbons (Fsp3) is 0.600. The van der Waals surface area contributed by atoms with Crippen molar-refractivity contribution < 1.29 is 0 Å². The van der Waals surface area contributed by atoms with Crippen LogP contribution in [0.25, 0.3) is 0 Å². The van der Waals surface area contributed by atoms with Gasteiger partial charge in [-0.25, -0.2) is 4.98 Å². The Morgan fingerprint density at radius 2 is 2.33 bits per heavy atom. The summed E-state index contributed by atoms with van der Waals surface area (Å²) in [4.78, 5) is 17.8. The smallest absolute Gasteiger partial charge is 0.293 e. The van der Waals surface area contributed by atoms with Crippen LogP contribution in [-0.2, 0) is 6.54 Å². The Hall–Kier alpha value is -1.36. The number of likely N-dealkylation sites (N-methyl/N-ethyl adjacent to an activating group) is 1. The van der Waals surface area contributed by atoms with Crippen molar-refractivity contribution in [3.8, 4) is 0 Å². The van der Waals surface area contributed by atoms with E-state index in [1.54, 1.807) is 21.9 Å². The number of hydrogen-bond acceptors (Lipinski definition) is 4. The van der Waals surface area contributed by atoms with Crippen molar-refractivity contribution in [1.82, 2.24) is 9.55 Å². The van der Waals surface area contributed by atoms with Crippen LogP contribution in [0.4, 0.5) is 5.82 Å². The van der Waals surface area contributed by atoms with Gasteiger partial charge in [-0.2, -0.15) is 0 Å². The molecule has 0 aliphatic rings. The molecule has 0 unspecified atom stereocenters. The number of anilines is 1. The number of aromatic nitrogens is 2. The molecular weight excluding hydrogens is 192 g/mol. The molecule has 0 spiro atoms. The average Bonchev–Trinajstić information content (AvgIpc) is 2.22. The molecule has 0 aliphatic heterocycles. The molecule has 1 aromatic heterocycles. The van der Waals surface area contributed by atoms with Crippen LogP contribution < -0.4 is 16.2 Å². The third-order valence-corrected chi connectivity index (χ3v) is 2.19. The van der Waals surface area contributed by atoms with E-state index in [0.717, 1.165) is 13.0 Å². The third kappa shape index (κ3) is 2.79. The van der Waals surface area contributed by atoms with Crippen molar-refractivity contribution in [3.63, 3.8) is 0 Å². The van der Waals surface area contributed by atoms with Crippen molar-refractivity contribution in [2.45, 2.75) is 19.9 Å². The number of hydrogen-bond donors (Lipinski definition) is 1. The maximum Gasteiger partial charge on any atom is 0.293 e. The number of aryl methyl sites for hydroxylation is 1. The fourth-order valence-corrected chi connectivity index (χ4v) is 1.41. The van der Waals surface area contributed by atoms with Crippen LogP contribution in [-0.4, -0.2) is 29.7 Å². The zero-order chi connectivity index (χ0) is 11.3. The van der Waals surface area contributed by atoms with Crippen LogP contribution in [0, 0.1) is 0 Å². The van der Waals surface area contributed by atoms with Crippen LogP contribution in [0.5, 0.6) is 0 Å². The Kier molecular flexibility index (Phi) is 4.30. The third-order valence-electron chi connectivity index (χ3n) is 2.19. The molecule has 0 amide bonds. The SMILES string of the molecule is CCCn1ccnc(N(C)CCN)c1=O. The maximum atomic E-state index is 11.9. The van der Waals surface area contributed by atoms with Gasteiger partial charge < -0.3 is 15.2 Å². The molecule has 0 radical (unpaired) electrons. The molecule has 15 heavy (non-hydrogen) atoms. The van der Waals surface area contributed by atoms with Gasteiger partial charge in [0.05, 0.1) is 0 Å². The first-order valence-electron chi connectivity index (χ1n) is 5.17. The summed E-state index contributed by atoms with van der Waals surface area (Å²) >= 11 is 0. The molecule has 1 aromatic rings. The molecule has 1 heterocycles. The first kappa shape index (κ1) is 11.7. The molecule has 2 N–H and O–H groups in total. The van der Waals surface area contributed by atoms with E-state index in [2.05, 4.69) is 4.98 Å². The first-order chi connectivity index (χ1) is 7.20. The van der Waals surface area contributed by atoms with Gasteiger partial charge in [0.25, 0.3) is 5.56 Å². The van der Waals surface area contributed by atoms with Crippen LogP contribution in [0.1, 0.15) is 13.3 Å². The van der Waals surface area contributed by atoms with Gasteiger partial charge in [-0.05, 0) is 6.42 Å². The van der Waals surface area contributed by atoms with E-state index in [-0.39, 0.29) is 5.56 Å². The minimum absolute atomic E-state index is 0.0460. The van der Waals surface area contributed by atoms with Crippen molar-refractivity contribution in [2.24, 2.45) is 5.73 Å². The predicted octanol–water partition coefficient (Wildman–Crippen LogP) is 0.0482. The lowest BCUT2D eigenvalue weighted by molar-refractivity contribution is 0.644. The van der Waals surface area contributed by atoms with E-state index in [0.29, 0.717) is 18.9 Å². The lowest BCUT2D eigenvalue weighted by Gasteiger charge is -2.16. The van der Waals surface area contributed by atoms with Gasteiger partial charge >= 0.3 is 0 Å². The van der Waals surface area contributed by atoms with Gasteiger partial charge in [0.15, 0.2) is 5.82 Å². The molecule has 0 atom stereocenters. The molecule has 5 heteroatoms. The highest BCUT2D eigenvalue weighted by Gasteiger charge is 2.08. The van der Waals surface area contributed by atoms with E-state index >= 15 is 0 Å². The quantitative estimate of drug-likeness (QED) is 0.745. The largest absolute Gasteiger partial charge is 0.354 e. The van der Waals surface area contributed by atoms with Crippen LogP contribution >= 0.6 is 0 Å². The second-order valence-electron chi connectivity index (χ2n) is 3.46. The zero-order valence-electron chi connectivity index (χ0n) is 9.31. The molecule has 0 fully saturated rings. The molecule has 0 saturated heterocycles. The van der Waals surface area contributed by atoms with Gasteiger partial charge in [0.1, 0.15) is 0 Å². The van der Waals surface area contributed by atoms with Crippen LogP contribution in [0.3, 0.4) is 0 Å². The summed E-state index contributed by atoms with van der Waals surface area (Å²) in [6.07, 6.45) is 4.30. The standard InChI is InChI=1S/C10H18N4O/c1-3-6-14-8-5-12-9(10(14)15)13(2)7-4-11/h5,8H,3-4,6-7,11H2,1-2H3. The molecule has 84 valence electrons. The topological polar surface area (TPSA) is 64.2 Å². The highest BCUT2D eigenvalue weighted by Crippen LogP contribution is 1.99. The van der Waals surface area contributed by atoms with Crippen LogP contribution in [0.2, 0.25) is 0 Å². The molecular formula is C10H18N4O. The lowest BCUT2D eigenvalue weighted by atomic mass is 10.4. The molecule has 1 rings (SSSR count). The molecule has 0 aliphatic carbocycles. The van der Waals surface area contributed by atoms with E-state index in [4.69, 9.17) is 5.73 Å². The van der Waals surface area contributed by atoms with Crippen LogP contribution in [0.15, 0.2) is 17.2 Å². The maximum absolute atomic E-state index is 11.9. The monoisotopic (exact) mass is 210 g/mol. The normalized spacial score (nSPS) is 10.3. The Morgan fingerprint density at radius 1 is 1.60 bits per heavy atom. The van der Waals surface area contributed by atoms with E-state index in [1.165, 1.54) is 0 Å². The van der Waals surface area contributed by atoms with Crippen molar-refractivity contribution >= 4 is 5.82 Å². The summed E-state index contributed by atoms with van der Waals surface area (Å²) in [5, 5.41) is 0. The van der Waals surface area contributed by atoms with Crippen molar-refractivity contribution in [1.29, 1.82) is 0 Å². The van der Waals surface area contributed by atoms with Gasteiger partial charge in [0, 0.05) is 39.1 Å². The average molecular weight is 210 g/mol. The summed E-state index contributed by atoms with van der Waals surface area (Å²) in [6.45, 7) is 3.92. The lowest BCUT2D eigenvalue weighted by Crippen LogP contribution is -2.33. The minimum atomic E-state index is -0.0460. The Bertz CT molecular complexity index is 361. The molecule has 0 bridgehead atoms. The number of nitrogens with two attached hydrogens (primary N) is 1. The Labute approximate surface area is 89.5 Å². The predicted molar refractivity (Wildman–Crippen MR) is 61.1 cm³/mol. The van der Waals surface area contributed by atoms with Gasteiger partial charge in [-0.3, -0.25) is 4.79 Å². The summed E-state index contributed by atoms with van der Waals surface area (Å²) < 4.78 is 1.68. The molecule has 0 saturated carbocycles. The van der Waals surface area contributed by atoms with Crippen molar-refractivity contribution in [2.75, 3.05) is 25.0 Å². The first-order valence-corrected chi connectivity index (χ1v) is 5.17. The van der Waals surface area contributed by atoms with E-state index in [1.807, 2.05) is 14.0 Å². The highest BCUT2D eigenvalue weighted by atomic mass is 16.1. The second-order valence-corrected chi connectivity index (χ2v) is 3.46. The van der Waals surface area contributed by atoms with Crippen molar-refractivity contribution in [3.05, 3.63) is 22.7 Å². The summed E-state index contributed by atoms with van der Waals surface area (Å²) in [5.41, 5.74) is 5.39. The minimum Gasteiger partial charge on any atom is -0.354 e. The second kappa shape index (κ2) is 5.50. The summed E-state index contributed by atoms with van der Waals surface area (Å²) in [5.74, 6) is 0.469. The van der Waals surface area contributed by atoms with Gasteiger partial charge in [-0.15, -0.1) is 0 Å². The molecule has 0 aromatic carbocycles. The van der Waals surface area contributed by atoms with E-state index in [9.17, 15) is 4.79 Å². The molecule has 5 nitrogen and oxygen atoms in total. The zero-order valence-corrected chi connectivity index (χ0v) is 9.31.